The summed E-state index contributed by atoms with van der Waals surface area (Å²) in [5.41, 5.74) is 7.93. The first-order valence-corrected chi connectivity index (χ1v) is 6.76. The molecule has 0 spiro atoms. The van der Waals surface area contributed by atoms with Crippen LogP contribution in [-0.4, -0.2) is 5.91 Å². The van der Waals surface area contributed by atoms with Crippen LogP contribution in [0, 0.1) is 26.6 Å². The lowest BCUT2D eigenvalue weighted by Crippen LogP contribution is -2.24. The van der Waals surface area contributed by atoms with Gasteiger partial charge < -0.3 is 15.5 Å². The smallest absolute Gasteiger partial charge is 0.255 e. The summed E-state index contributed by atoms with van der Waals surface area (Å²) in [5, 5.41) is 2.72. The molecule has 1 heterocycles. The molecule has 2 rings (SSSR count). The van der Waals surface area contributed by atoms with E-state index in [0.717, 1.165) is 16.9 Å². The lowest BCUT2D eigenvalue weighted by molar-refractivity contribution is 0.0948. The van der Waals surface area contributed by atoms with Gasteiger partial charge in [0.1, 0.15) is 17.3 Å². The van der Waals surface area contributed by atoms with E-state index in [2.05, 4.69) is 5.32 Å². The van der Waals surface area contributed by atoms with E-state index in [1.807, 2.05) is 13.8 Å². The average molecular weight is 290 g/mol. The van der Waals surface area contributed by atoms with E-state index in [9.17, 15) is 9.18 Å². The van der Waals surface area contributed by atoms with Gasteiger partial charge in [-0.2, -0.15) is 0 Å². The summed E-state index contributed by atoms with van der Waals surface area (Å²) in [7, 11) is 0. The average Bonchev–Trinajstić information content (AvgIpc) is 2.70. The SMILES string of the molecule is Cc1oc(C)c(C(=O)NCc2ccc(CN)cc2F)c1C. The maximum atomic E-state index is 13.8. The summed E-state index contributed by atoms with van der Waals surface area (Å²) in [5.74, 6) is 0.664. The number of furan rings is 1. The maximum absolute atomic E-state index is 13.8. The third kappa shape index (κ3) is 3.13. The number of hydrogen-bond donors (Lipinski definition) is 2. The Balaban J connectivity index is 2.11. The fourth-order valence-corrected chi connectivity index (χ4v) is 2.25. The zero-order valence-corrected chi connectivity index (χ0v) is 12.4. The normalized spacial score (nSPS) is 10.7. The van der Waals surface area contributed by atoms with Gasteiger partial charge in [-0.25, -0.2) is 4.39 Å². The number of aryl methyl sites for hydroxylation is 2. The highest BCUT2D eigenvalue weighted by Crippen LogP contribution is 2.20. The predicted octanol–water partition coefficient (Wildman–Crippen LogP) is 2.73. The van der Waals surface area contributed by atoms with Gasteiger partial charge >= 0.3 is 0 Å². The monoisotopic (exact) mass is 290 g/mol. The van der Waals surface area contributed by atoms with Crippen molar-refractivity contribution in [2.24, 2.45) is 5.73 Å². The first-order valence-electron chi connectivity index (χ1n) is 6.76. The van der Waals surface area contributed by atoms with Crippen molar-refractivity contribution in [2.75, 3.05) is 0 Å². The van der Waals surface area contributed by atoms with Gasteiger partial charge in [-0.1, -0.05) is 12.1 Å². The summed E-state index contributed by atoms with van der Waals surface area (Å²) in [4.78, 5) is 12.2. The number of halogens is 1. The molecule has 0 radical (unpaired) electrons. The third-order valence-corrected chi connectivity index (χ3v) is 3.58. The standard InChI is InChI=1S/C16H19FN2O2/c1-9-10(2)21-11(3)15(9)16(20)19-8-13-5-4-12(7-18)6-14(13)17/h4-6H,7-8,18H2,1-3H3,(H,19,20). The van der Waals surface area contributed by atoms with Crippen molar-refractivity contribution in [3.63, 3.8) is 0 Å². The van der Waals surface area contributed by atoms with E-state index >= 15 is 0 Å². The van der Waals surface area contributed by atoms with Crippen molar-refractivity contribution in [3.8, 4) is 0 Å². The van der Waals surface area contributed by atoms with E-state index in [1.54, 1.807) is 19.1 Å². The Kier molecular flexibility index (Phi) is 4.43. The van der Waals surface area contributed by atoms with Gasteiger partial charge in [0, 0.05) is 24.2 Å². The van der Waals surface area contributed by atoms with Crippen molar-refractivity contribution < 1.29 is 13.6 Å². The van der Waals surface area contributed by atoms with Crippen LogP contribution in [0.3, 0.4) is 0 Å². The van der Waals surface area contributed by atoms with Crippen molar-refractivity contribution in [1.82, 2.24) is 5.32 Å². The highest BCUT2D eigenvalue weighted by Gasteiger charge is 2.18. The molecule has 0 aliphatic rings. The molecule has 1 aromatic carbocycles. The largest absolute Gasteiger partial charge is 0.466 e. The number of carbonyl (C=O) groups excluding carboxylic acids is 1. The zero-order valence-electron chi connectivity index (χ0n) is 12.4. The Morgan fingerprint density at radius 3 is 2.52 bits per heavy atom. The molecule has 5 heteroatoms. The van der Waals surface area contributed by atoms with Gasteiger partial charge in [-0.05, 0) is 32.4 Å². The molecule has 0 saturated heterocycles. The maximum Gasteiger partial charge on any atom is 0.255 e. The Morgan fingerprint density at radius 2 is 2.00 bits per heavy atom. The molecule has 3 N–H and O–H groups in total. The molecular formula is C16H19FN2O2. The minimum atomic E-state index is -0.366. The number of carbonyl (C=O) groups is 1. The number of hydrogen-bond acceptors (Lipinski definition) is 3. The molecule has 4 nitrogen and oxygen atoms in total. The summed E-state index contributed by atoms with van der Waals surface area (Å²) in [6.45, 7) is 5.79. The van der Waals surface area contributed by atoms with Gasteiger partial charge in [-0.3, -0.25) is 4.79 Å². The molecule has 0 aliphatic carbocycles. The Labute approximate surface area is 123 Å². The summed E-state index contributed by atoms with van der Waals surface area (Å²) in [6, 6.07) is 4.78. The molecular weight excluding hydrogens is 271 g/mol. The van der Waals surface area contributed by atoms with Crippen LogP contribution in [0.4, 0.5) is 4.39 Å². The minimum absolute atomic E-state index is 0.124. The molecule has 2 aromatic rings. The van der Waals surface area contributed by atoms with Gasteiger partial charge in [0.2, 0.25) is 0 Å². The number of rotatable bonds is 4. The first-order chi connectivity index (χ1) is 9.93. The van der Waals surface area contributed by atoms with Crippen LogP contribution in [0.1, 0.15) is 38.6 Å². The van der Waals surface area contributed by atoms with E-state index in [4.69, 9.17) is 10.2 Å². The molecule has 0 aliphatic heterocycles. The van der Waals surface area contributed by atoms with Gasteiger partial charge in [0.15, 0.2) is 0 Å². The fraction of sp³-hybridized carbons (Fsp3) is 0.312. The molecule has 0 bridgehead atoms. The Morgan fingerprint density at radius 1 is 1.29 bits per heavy atom. The van der Waals surface area contributed by atoms with Crippen molar-refractivity contribution >= 4 is 5.91 Å². The van der Waals surface area contributed by atoms with Crippen LogP contribution in [-0.2, 0) is 13.1 Å². The third-order valence-electron chi connectivity index (χ3n) is 3.58. The molecule has 1 aromatic heterocycles. The van der Waals surface area contributed by atoms with Crippen molar-refractivity contribution in [3.05, 3.63) is 57.8 Å². The van der Waals surface area contributed by atoms with Crippen LogP contribution in [0.15, 0.2) is 22.6 Å². The van der Waals surface area contributed by atoms with Crippen molar-refractivity contribution in [2.45, 2.75) is 33.9 Å². The first kappa shape index (κ1) is 15.3. The quantitative estimate of drug-likeness (QED) is 0.909. The molecule has 112 valence electrons. The minimum Gasteiger partial charge on any atom is -0.466 e. The topological polar surface area (TPSA) is 68.3 Å². The van der Waals surface area contributed by atoms with Crippen LogP contribution in [0.25, 0.3) is 0 Å². The lowest BCUT2D eigenvalue weighted by Gasteiger charge is -2.08. The van der Waals surface area contributed by atoms with Gasteiger partial charge in [0.25, 0.3) is 5.91 Å². The summed E-state index contributed by atoms with van der Waals surface area (Å²) >= 11 is 0. The summed E-state index contributed by atoms with van der Waals surface area (Å²) < 4.78 is 19.3. The van der Waals surface area contributed by atoms with Crippen molar-refractivity contribution in [1.29, 1.82) is 0 Å². The van der Waals surface area contributed by atoms with E-state index in [0.29, 0.717) is 16.9 Å². The van der Waals surface area contributed by atoms with Crippen LogP contribution >= 0.6 is 0 Å². The van der Waals surface area contributed by atoms with Gasteiger partial charge in [-0.15, -0.1) is 0 Å². The fourth-order valence-electron chi connectivity index (χ4n) is 2.25. The highest BCUT2D eigenvalue weighted by molar-refractivity contribution is 5.96. The van der Waals surface area contributed by atoms with Crippen LogP contribution < -0.4 is 11.1 Å². The van der Waals surface area contributed by atoms with E-state index < -0.39 is 0 Å². The van der Waals surface area contributed by atoms with E-state index in [1.165, 1.54) is 6.07 Å². The second kappa shape index (κ2) is 6.10. The molecule has 0 atom stereocenters. The highest BCUT2D eigenvalue weighted by atomic mass is 19.1. The second-order valence-electron chi connectivity index (χ2n) is 5.03. The van der Waals surface area contributed by atoms with Gasteiger partial charge in [0.05, 0.1) is 5.56 Å². The Hall–Kier alpha value is -2.14. The number of nitrogens with two attached hydrogens (primary N) is 1. The predicted molar refractivity (Wildman–Crippen MR) is 78.4 cm³/mol. The van der Waals surface area contributed by atoms with E-state index in [-0.39, 0.29) is 24.8 Å². The van der Waals surface area contributed by atoms with Crippen LogP contribution in [0.5, 0.6) is 0 Å². The zero-order chi connectivity index (χ0) is 15.6. The number of nitrogens with one attached hydrogen (secondary N) is 1. The molecule has 0 fully saturated rings. The number of amides is 1. The number of benzene rings is 1. The molecule has 21 heavy (non-hydrogen) atoms. The van der Waals surface area contributed by atoms with Crippen LogP contribution in [0.2, 0.25) is 0 Å². The Bertz CT molecular complexity index is 677. The summed E-state index contributed by atoms with van der Waals surface area (Å²) in [6.07, 6.45) is 0. The second-order valence-corrected chi connectivity index (χ2v) is 5.03. The molecule has 1 amide bonds. The molecule has 0 unspecified atom stereocenters. The molecule has 0 saturated carbocycles. The lowest BCUT2D eigenvalue weighted by atomic mass is 10.1.